The molecule has 25 heavy (non-hydrogen) atoms. The van der Waals surface area contributed by atoms with Crippen LogP contribution in [-0.2, 0) is 15.6 Å². The second-order valence-corrected chi connectivity index (χ2v) is 17.7. The van der Waals surface area contributed by atoms with Gasteiger partial charge in [-0.2, -0.15) is 0 Å². The molecule has 2 nitrogen and oxygen atoms in total. The topological polar surface area (TPSA) is 18.5 Å². The molecule has 0 atom stereocenters. The first-order valence-corrected chi connectivity index (χ1v) is 15.7. The van der Waals surface area contributed by atoms with Crippen LogP contribution in [0, 0.1) is 0 Å². The standard InChI is InChI=1S/C21H28O2Si2/c1-24(2,3)23-12-11-22-17-10-9-15(13-17)18-8-6-7-16-14-19-21(20(16)18)25(19,4)5/h6-8,10,13H,9,11-12,14H2,1-5H3. The fraction of sp³-hybridized carbons (Fsp3) is 0.429. The Kier molecular flexibility index (Phi) is 3.98. The molecule has 2 aliphatic carbocycles. The highest BCUT2D eigenvalue weighted by Crippen LogP contribution is 2.57. The van der Waals surface area contributed by atoms with Gasteiger partial charge in [0.1, 0.15) is 20.4 Å². The lowest BCUT2D eigenvalue weighted by molar-refractivity contribution is 0.161. The summed E-state index contributed by atoms with van der Waals surface area (Å²) in [6, 6.07) is 6.83. The molecule has 4 heteroatoms. The molecule has 0 bridgehead atoms. The van der Waals surface area contributed by atoms with Gasteiger partial charge in [0.25, 0.3) is 0 Å². The molecule has 1 aromatic carbocycles. The molecule has 0 N–H and O–H groups in total. The maximum Gasteiger partial charge on any atom is 0.183 e. The average Bonchev–Trinajstić information content (AvgIpc) is 2.95. The average molecular weight is 369 g/mol. The van der Waals surface area contributed by atoms with Crippen LogP contribution < -0.4 is 0 Å². The Labute approximate surface area is 153 Å². The van der Waals surface area contributed by atoms with Gasteiger partial charge in [0.2, 0.25) is 0 Å². The minimum atomic E-state index is -1.44. The lowest BCUT2D eigenvalue weighted by Gasteiger charge is -2.17. The Bertz CT molecular complexity index is 823. The molecule has 4 rings (SSSR count). The maximum atomic E-state index is 5.93. The predicted octanol–water partition coefficient (Wildman–Crippen LogP) is 5.34. The van der Waals surface area contributed by atoms with E-state index in [9.17, 15) is 0 Å². The van der Waals surface area contributed by atoms with E-state index in [2.05, 4.69) is 63.1 Å². The Morgan fingerprint density at radius 3 is 2.68 bits per heavy atom. The van der Waals surface area contributed by atoms with Crippen molar-refractivity contribution in [3.05, 3.63) is 58.0 Å². The molecule has 0 unspecified atom stereocenters. The molecule has 1 heterocycles. The van der Waals surface area contributed by atoms with Gasteiger partial charge >= 0.3 is 0 Å². The van der Waals surface area contributed by atoms with Gasteiger partial charge in [-0.05, 0) is 66.9 Å². The van der Waals surface area contributed by atoms with Gasteiger partial charge in [0, 0.05) is 0 Å². The van der Waals surface area contributed by atoms with E-state index in [1.165, 1.54) is 23.1 Å². The van der Waals surface area contributed by atoms with Crippen LogP contribution in [0.4, 0.5) is 0 Å². The Morgan fingerprint density at radius 1 is 1.12 bits per heavy atom. The first kappa shape index (κ1) is 17.1. The fourth-order valence-electron chi connectivity index (χ4n) is 4.12. The number of hydrogen-bond donors (Lipinski definition) is 0. The van der Waals surface area contributed by atoms with E-state index in [-0.39, 0.29) is 0 Å². The van der Waals surface area contributed by atoms with E-state index in [0.29, 0.717) is 13.2 Å². The summed E-state index contributed by atoms with van der Waals surface area (Å²) in [6.45, 7) is 12.9. The van der Waals surface area contributed by atoms with Crippen LogP contribution in [0.25, 0.3) is 10.8 Å². The lowest BCUT2D eigenvalue weighted by atomic mass is 9.96. The van der Waals surface area contributed by atoms with Crippen molar-refractivity contribution >= 4 is 27.2 Å². The molecule has 0 radical (unpaired) electrons. The third-order valence-corrected chi connectivity index (χ3v) is 10.0. The quantitative estimate of drug-likeness (QED) is 0.499. The number of fused-ring (bicyclic) bond motifs is 2. The molecular weight excluding hydrogens is 340 g/mol. The molecule has 0 aromatic heterocycles. The van der Waals surface area contributed by atoms with Gasteiger partial charge in [-0.25, -0.2) is 0 Å². The molecule has 0 fully saturated rings. The van der Waals surface area contributed by atoms with E-state index in [1.807, 2.05) is 0 Å². The highest BCUT2D eigenvalue weighted by Gasteiger charge is 2.52. The predicted molar refractivity (Wildman–Crippen MR) is 110 cm³/mol. The second-order valence-electron chi connectivity index (χ2n) is 8.78. The van der Waals surface area contributed by atoms with E-state index in [4.69, 9.17) is 9.16 Å². The van der Waals surface area contributed by atoms with Crippen LogP contribution in [0.15, 0.2) is 41.3 Å². The van der Waals surface area contributed by atoms with Crippen LogP contribution in [0.1, 0.15) is 23.1 Å². The van der Waals surface area contributed by atoms with Gasteiger partial charge in [-0.15, -0.1) is 0 Å². The van der Waals surface area contributed by atoms with Crippen molar-refractivity contribution in [1.29, 1.82) is 0 Å². The van der Waals surface area contributed by atoms with Gasteiger partial charge in [0.05, 0.1) is 6.61 Å². The van der Waals surface area contributed by atoms with E-state index in [1.54, 1.807) is 16.0 Å². The van der Waals surface area contributed by atoms with Crippen molar-refractivity contribution in [2.45, 2.75) is 45.6 Å². The Balaban J connectivity index is 1.45. The molecule has 132 valence electrons. The number of hydrogen-bond acceptors (Lipinski definition) is 2. The number of allylic oxidation sites excluding steroid dienone is 4. The van der Waals surface area contributed by atoms with Gasteiger partial charge < -0.3 is 9.16 Å². The minimum absolute atomic E-state index is 0.641. The SMILES string of the molecule is C[Si](C)(C)OCCOC1=CCC(c2cccc3c2C2=C(C3)[Si]2(C)C)=C1. The van der Waals surface area contributed by atoms with E-state index in [0.717, 1.165) is 12.2 Å². The summed E-state index contributed by atoms with van der Waals surface area (Å²) in [7, 11) is -2.60. The highest BCUT2D eigenvalue weighted by molar-refractivity contribution is 7.13. The Morgan fingerprint density at radius 2 is 1.92 bits per heavy atom. The summed E-state index contributed by atoms with van der Waals surface area (Å²) in [6.07, 6.45) is 6.63. The molecule has 0 spiro atoms. The number of benzene rings is 1. The first-order valence-electron chi connectivity index (χ1n) is 9.31. The fourth-order valence-corrected chi connectivity index (χ4v) is 8.42. The molecular formula is C21H28O2Si2. The molecule has 0 saturated heterocycles. The zero-order valence-electron chi connectivity index (χ0n) is 16.0. The molecule has 1 aliphatic heterocycles. The number of ether oxygens (including phenoxy) is 1. The Hall–Kier alpha value is -1.37. The summed E-state index contributed by atoms with van der Waals surface area (Å²) < 4.78 is 11.8. The lowest BCUT2D eigenvalue weighted by Crippen LogP contribution is -2.27. The largest absolute Gasteiger partial charge is 0.492 e. The monoisotopic (exact) mass is 368 g/mol. The zero-order chi connectivity index (χ0) is 17.8. The van der Waals surface area contributed by atoms with Gasteiger partial charge in [-0.3, -0.25) is 0 Å². The van der Waals surface area contributed by atoms with Crippen LogP contribution in [0.2, 0.25) is 32.7 Å². The maximum absolute atomic E-state index is 5.93. The van der Waals surface area contributed by atoms with E-state index >= 15 is 0 Å². The highest BCUT2D eigenvalue weighted by atomic mass is 28.4. The third-order valence-electron chi connectivity index (χ3n) is 5.46. The smallest absolute Gasteiger partial charge is 0.183 e. The van der Waals surface area contributed by atoms with Crippen molar-refractivity contribution < 1.29 is 9.16 Å². The zero-order valence-corrected chi connectivity index (χ0v) is 18.0. The summed E-state index contributed by atoms with van der Waals surface area (Å²) in [5, 5.41) is 3.51. The molecule has 0 saturated carbocycles. The number of rotatable bonds is 6. The van der Waals surface area contributed by atoms with E-state index < -0.39 is 16.4 Å². The molecule has 0 amide bonds. The van der Waals surface area contributed by atoms with Gasteiger partial charge in [-0.1, -0.05) is 41.7 Å². The van der Waals surface area contributed by atoms with Gasteiger partial charge in [0.15, 0.2) is 8.32 Å². The summed E-state index contributed by atoms with van der Waals surface area (Å²) >= 11 is 0. The van der Waals surface area contributed by atoms with Crippen molar-refractivity contribution in [1.82, 2.24) is 0 Å². The van der Waals surface area contributed by atoms with Crippen molar-refractivity contribution in [3.63, 3.8) is 0 Å². The summed E-state index contributed by atoms with van der Waals surface area (Å²) in [5.41, 5.74) is 5.95. The first-order chi connectivity index (χ1) is 11.8. The van der Waals surface area contributed by atoms with Crippen LogP contribution in [0.5, 0.6) is 0 Å². The normalized spacial score (nSPS) is 20.2. The molecule has 1 aromatic rings. The minimum Gasteiger partial charge on any atom is -0.492 e. The van der Waals surface area contributed by atoms with Crippen LogP contribution >= 0.6 is 0 Å². The second kappa shape index (κ2) is 5.83. The summed E-state index contributed by atoms with van der Waals surface area (Å²) in [5.74, 6) is 1.01. The van der Waals surface area contributed by atoms with Crippen LogP contribution in [0.3, 0.4) is 0 Å². The van der Waals surface area contributed by atoms with Crippen molar-refractivity contribution in [2.24, 2.45) is 0 Å². The summed E-state index contributed by atoms with van der Waals surface area (Å²) in [4.78, 5) is 0. The third kappa shape index (κ3) is 3.11. The van der Waals surface area contributed by atoms with Crippen molar-refractivity contribution in [2.75, 3.05) is 13.2 Å². The van der Waals surface area contributed by atoms with Crippen molar-refractivity contribution in [3.8, 4) is 0 Å². The van der Waals surface area contributed by atoms with Crippen LogP contribution in [-0.4, -0.2) is 29.6 Å². The molecule has 3 aliphatic rings.